The summed E-state index contributed by atoms with van der Waals surface area (Å²) in [6.07, 6.45) is 3.39. The minimum Gasteiger partial charge on any atom is -0.235 e. The minimum absolute atomic E-state index is 0.0329. The van der Waals surface area contributed by atoms with Crippen molar-refractivity contribution in [2.75, 3.05) is 12.4 Å². The van der Waals surface area contributed by atoms with E-state index in [1.54, 1.807) is 11.4 Å². The summed E-state index contributed by atoms with van der Waals surface area (Å²) in [5.41, 5.74) is 0. The second kappa shape index (κ2) is 6.07. The molecule has 0 amide bonds. The van der Waals surface area contributed by atoms with Gasteiger partial charge in [-0.15, -0.1) is 16.7 Å². The molecule has 2 rings (SSSR count). The zero-order chi connectivity index (χ0) is 14.0. The molecule has 1 atom stereocenters. The predicted molar refractivity (Wildman–Crippen MR) is 75.6 cm³/mol. The molecule has 1 fully saturated rings. The molecule has 9 heteroatoms. The molecule has 0 aromatic carbocycles. The molecule has 1 aromatic rings. The van der Waals surface area contributed by atoms with E-state index in [-0.39, 0.29) is 15.7 Å². The van der Waals surface area contributed by atoms with E-state index in [2.05, 4.69) is 26.2 Å². The SMILES string of the molecule is Cn1nnc(Br)c1S(=O)(=O)N1CCCC1CCCCl. The Balaban J connectivity index is 2.29. The van der Waals surface area contributed by atoms with Crippen molar-refractivity contribution in [2.24, 2.45) is 7.05 Å². The zero-order valence-corrected chi connectivity index (χ0v) is 13.7. The molecule has 0 spiro atoms. The van der Waals surface area contributed by atoms with E-state index in [0.717, 1.165) is 25.7 Å². The van der Waals surface area contributed by atoms with Crippen LogP contribution in [0, 0.1) is 0 Å². The largest absolute Gasteiger partial charge is 0.263 e. The van der Waals surface area contributed by atoms with Crippen LogP contribution in [0.15, 0.2) is 9.63 Å². The van der Waals surface area contributed by atoms with Crippen molar-refractivity contribution in [3.05, 3.63) is 4.60 Å². The summed E-state index contributed by atoms with van der Waals surface area (Å²) in [7, 11) is -1.98. The standard InChI is InChI=1S/C10H16BrClN4O2S/c1-15-10(9(11)13-14-15)19(17,18)16-7-3-5-8(16)4-2-6-12/h8H,2-7H2,1H3. The summed E-state index contributed by atoms with van der Waals surface area (Å²) in [5, 5.41) is 7.59. The van der Waals surface area contributed by atoms with Crippen LogP contribution in [-0.4, -0.2) is 46.2 Å². The van der Waals surface area contributed by atoms with E-state index < -0.39 is 10.0 Å². The Bertz CT molecular complexity index is 528. The third kappa shape index (κ3) is 2.96. The van der Waals surface area contributed by atoms with Gasteiger partial charge in [0.15, 0.2) is 4.60 Å². The summed E-state index contributed by atoms with van der Waals surface area (Å²) >= 11 is 8.84. The molecule has 1 aliphatic heterocycles. The highest BCUT2D eigenvalue weighted by molar-refractivity contribution is 9.10. The van der Waals surface area contributed by atoms with Crippen molar-refractivity contribution in [1.82, 2.24) is 19.3 Å². The van der Waals surface area contributed by atoms with E-state index >= 15 is 0 Å². The number of aryl methyl sites for hydroxylation is 1. The molecule has 0 N–H and O–H groups in total. The molecular weight excluding hydrogens is 356 g/mol. The van der Waals surface area contributed by atoms with Crippen molar-refractivity contribution < 1.29 is 8.42 Å². The van der Waals surface area contributed by atoms with Gasteiger partial charge in [0.05, 0.1) is 0 Å². The summed E-state index contributed by atoms with van der Waals surface area (Å²) < 4.78 is 28.5. The van der Waals surface area contributed by atoms with Gasteiger partial charge in [0.25, 0.3) is 10.0 Å². The molecule has 1 aromatic heterocycles. The Morgan fingerprint density at radius 1 is 1.53 bits per heavy atom. The minimum atomic E-state index is -3.55. The molecule has 1 unspecified atom stereocenters. The number of hydrogen-bond acceptors (Lipinski definition) is 4. The van der Waals surface area contributed by atoms with E-state index in [0.29, 0.717) is 12.4 Å². The zero-order valence-electron chi connectivity index (χ0n) is 10.6. The normalized spacial score (nSPS) is 21.1. The second-order valence-corrected chi connectivity index (χ2v) is 7.49. The lowest BCUT2D eigenvalue weighted by Crippen LogP contribution is -2.36. The molecule has 0 bridgehead atoms. The third-order valence-corrected chi connectivity index (χ3v) is 6.39. The lowest BCUT2D eigenvalue weighted by Gasteiger charge is -2.23. The maximum atomic E-state index is 12.7. The first-order valence-corrected chi connectivity index (χ1v) is 8.88. The topological polar surface area (TPSA) is 68.1 Å². The highest BCUT2D eigenvalue weighted by atomic mass is 79.9. The molecule has 1 aliphatic rings. The summed E-state index contributed by atoms with van der Waals surface area (Å²) in [4.78, 5) is 0. The first-order chi connectivity index (χ1) is 8.98. The number of alkyl halides is 1. The summed E-state index contributed by atoms with van der Waals surface area (Å²) in [5.74, 6) is 0.557. The Kier molecular flexibility index (Phi) is 4.86. The fraction of sp³-hybridized carbons (Fsp3) is 0.800. The quantitative estimate of drug-likeness (QED) is 0.740. The Hall–Kier alpha value is -0.180. The van der Waals surface area contributed by atoms with Crippen LogP contribution in [0.4, 0.5) is 0 Å². The number of hydrogen-bond donors (Lipinski definition) is 0. The predicted octanol–water partition coefficient (Wildman–Crippen LogP) is 1.75. The third-order valence-electron chi connectivity index (χ3n) is 3.28. The van der Waals surface area contributed by atoms with Crippen LogP contribution in [0.1, 0.15) is 25.7 Å². The van der Waals surface area contributed by atoms with Gasteiger partial charge in [0.1, 0.15) is 0 Å². The molecule has 1 saturated heterocycles. The summed E-state index contributed by atoms with van der Waals surface area (Å²) in [6, 6.07) is 0.0329. The lowest BCUT2D eigenvalue weighted by molar-refractivity contribution is 0.364. The van der Waals surface area contributed by atoms with Gasteiger partial charge in [-0.25, -0.2) is 13.1 Å². The first-order valence-electron chi connectivity index (χ1n) is 6.11. The second-order valence-electron chi connectivity index (χ2n) is 4.55. The van der Waals surface area contributed by atoms with Gasteiger partial charge in [0, 0.05) is 25.5 Å². The highest BCUT2D eigenvalue weighted by Crippen LogP contribution is 2.30. The van der Waals surface area contributed by atoms with Crippen molar-refractivity contribution >= 4 is 37.6 Å². The van der Waals surface area contributed by atoms with Crippen molar-refractivity contribution in [1.29, 1.82) is 0 Å². The van der Waals surface area contributed by atoms with Gasteiger partial charge in [-0.2, -0.15) is 4.31 Å². The van der Waals surface area contributed by atoms with Crippen molar-refractivity contribution in [2.45, 2.75) is 36.8 Å². The van der Waals surface area contributed by atoms with Gasteiger partial charge in [0.2, 0.25) is 5.03 Å². The van der Waals surface area contributed by atoms with E-state index in [9.17, 15) is 8.42 Å². The number of rotatable bonds is 5. The Morgan fingerprint density at radius 2 is 2.26 bits per heavy atom. The maximum absolute atomic E-state index is 12.7. The van der Waals surface area contributed by atoms with Crippen LogP contribution < -0.4 is 0 Å². The Labute approximate surface area is 126 Å². The fourth-order valence-corrected chi connectivity index (χ4v) is 5.35. The monoisotopic (exact) mass is 370 g/mol. The first kappa shape index (κ1) is 15.2. The molecule has 108 valence electrons. The average molecular weight is 372 g/mol. The summed E-state index contributed by atoms with van der Waals surface area (Å²) in [6.45, 7) is 0.549. The van der Waals surface area contributed by atoms with Crippen LogP contribution in [0.5, 0.6) is 0 Å². The fourth-order valence-electron chi connectivity index (χ4n) is 2.43. The van der Waals surface area contributed by atoms with Gasteiger partial charge in [-0.05, 0) is 41.6 Å². The molecule has 0 saturated carbocycles. The lowest BCUT2D eigenvalue weighted by atomic mass is 10.1. The van der Waals surface area contributed by atoms with Crippen LogP contribution in [0.3, 0.4) is 0 Å². The van der Waals surface area contributed by atoms with Gasteiger partial charge >= 0.3 is 0 Å². The van der Waals surface area contributed by atoms with Crippen molar-refractivity contribution in [3.63, 3.8) is 0 Å². The van der Waals surface area contributed by atoms with Crippen LogP contribution in [-0.2, 0) is 17.1 Å². The smallest absolute Gasteiger partial charge is 0.235 e. The van der Waals surface area contributed by atoms with Crippen LogP contribution >= 0.6 is 27.5 Å². The van der Waals surface area contributed by atoms with Gasteiger partial charge < -0.3 is 0 Å². The molecule has 2 heterocycles. The van der Waals surface area contributed by atoms with Crippen molar-refractivity contribution in [3.8, 4) is 0 Å². The number of nitrogens with zero attached hydrogens (tertiary/aromatic N) is 4. The maximum Gasteiger partial charge on any atom is 0.263 e. The van der Waals surface area contributed by atoms with Crippen LogP contribution in [0.25, 0.3) is 0 Å². The van der Waals surface area contributed by atoms with E-state index in [1.165, 1.54) is 4.68 Å². The van der Waals surface area contributed by atoms with Crippen LogP contribution in [0.2, 0.25) is 0 Å². The molecule has 0 aliphatic carbocycles. The average Bonchev–Trinajstić information content (AvgIpc) is 2.94. The van der Waals surface area contributed by atoms with Gasteiger partial charge in [-0.3, -0.25) is 0 Å². The highest BCUT2D eigenvalue weighted by Gasteiger charge is 2.38. The molecule has 19 heavy (non-hydrogen) atoms. The number of sulfonamides is 1. The molecule has 0 radical (unpaired) electrons. The molecule has 6 nitrogen and oxygen atoms in total. The number of halogens is 2. The van der Waals surface area contributed by atoms with E-state index in [4.69, 9.17) is 11.6 Å². The van der Waals surface area contributed by atoms with E-state index in [1.807, 2.05) is 0 Å². The molecular formula is C10H16BrClN4O2S. The Morgan fingerprint density at radius 3 is 2.84 bits per heavy atom. The number of aromatic nitrogens is 3. The van der Waals surface area contributed by atoms with Gasteiger partial charge in [-0.1, -0.05) is 5.21 Å².